The van der Waals surface area contributed by atoms with Crippen molar-refractivity contribution in [2.24, 2.45) is 0 Å². The standard InChI is InChI=1S/C18H18FNO3/c1-23-18(22)16(11-14-8-5-9-15(19)10-14)20-17(21)12-13-6-3-2-4-7-13/h2-10,16H,11-12H2,1H3,(H,20,21)/t16-/m0/s1. The van der Waals surface area contributed by atoms with Crippen molar-refractivity contribution >= 4 is 11.9 Å². The van der Waals surface area contributed by atoms with Crippen molar-refractivity contribution in [2.75, 3.05) is 7.11 Å². The molecule has 4 nitrogen and oxygen atoms in total. The molecular formula is C18H18FNO3. The van der Waals surface area contributed by atoms with Crippen molar-refractivity contribution < 1.29 is 18.7 Å². The van der Waals surface area contributed by atoms with Gasteiger partial charge in [0.2, 0.25) is 5.91 Å². The van der Waals surface area contributed by atoms with Crippen molar-refractivity contribution in [1.82, 2.24) is 5.32 Å². The topological polar surface area (TPSA) is 55.4 Å². The predicted octanol–water partition coefficient (Wildman–Crippen LogP) is 2.27. The zero-order chi connectivity index (χ0) is 16.7. The SMILES string of the molecule is COC(=O)[C@H](Cc1cccc(F)c1)NC(=O)Cc1ccccc1. The van der Waals surface area contributed by atoms with Crippen LogP contribution in [0.1, 0.15) is 11.1 Å². The van der Waals surface area contributed by atoms with Gasteiger partial charge in [-0.15, -0.1) is 0 Å². The molecule has 0 heterocycles. The van der Waals surface area contributed by atoms with Crippen LogP contribution in [0.5, 0.6) is 0 Å². The number of amides is 1. The van der Waals surface area contributed by atoms with E-state index in [9.17, 15) is 14.0 Å². The Morgan fingerprint density at radius 3 is 2.43 bits per heavy atom. The van der Waals surface area contributed by atoms with Gasteiger partial charge in [0.25, 0.3) is 0 Å². The maximum atomic E-state index is 13.2. The molecule has 2 aromatic carbocycles. The highest BCUT2D eigenvalue weighted by Gasteiger charge is 2.22. The van der Waals surface area contributed by atoms with Crippen LogP contribution in [0.15, 0.2) is 54.6 Å². The lowest BCUT2D eigenvalue weighted by Gasteiger charge is -2.16. The van der Waals surface area contributed by atoms with E-state index in [4.69, 9.17) is 4.74 Å². The summed E-state index contributed by atoms with van der Waals surface area (Å²) in [5.74, 6) is -1.24. The van der Waals surface area contributed by atoms with Gasteiger partial charge in [-0.05, 0) is 23.3 Å². The van der Waals surface area contributed by atoms with Gasteiger partial charge < -0.3 is 10.1 Å². The number of hydrogen-bond acceptors (Lipinski definition) is 3. The van der Waals surface area contributed by atoms with Crippen LogP contribution in [0.2, 0.25) is 0 Å². The summed E-state index contributed by atoms with van der Waals surface area (Å²) in [4.78, 5) is 24.0. The van der Waals surface area contributed by atoms with E-state index in [0.717, 1.165) is 5.56 Å². The molecular weight excluding hydrogens is 297 g/mol. The van der Waals surface area contributed by atoms with E-state index in [1.807, 2.05) is 30.3 Å². The number of benzene rings is 2. The van der Waals surface area contributed by atoms with Gasteiger partial charge in [-0.25, -0.2) is 9.18 Å². The van der Waals surface area contributed by atoms with Crippen LogP contribution in [0.3, 0.4) is 0 Å². The summed E-state index contributed by atoms with van der Waals surface area (Å²) in [6, 6.07) is 14.3. The Hall–Kier alpha value is -2.69. The monoisotopic (exact) mass is 315 g/mol. The molecule has 0 aliphatic carbocycles. The third-order valence-corrected chi connectivity index (χ3v) is 3.36. The van der Waals surface area contributed by atoms with Crippen LogP contribution in [0.25, 0.3) is 0 Å². The predicted molar refractivity (Wildman–Crippen MR) is 84.2 cm³/mol. The Morgan fingerprint density at radius 1 is 1.09 bits per heavy atom. The molecule has 0 unspecified atom stereocenters. The molecule has 5 heteroatoms. The molecule has 0 radical (unpaired) electrons. The van der Waals surface area contributed by atoms with E-state index in [-0.39, 0.29) is 24.6 Å². The molecule has 1 atom stereocenters. The van der Waals surface area contributed by atoms with Crippen LogP contribution in [0.4, 0.5) is 4.39 Å². The highest BCUT2D eigenvalue weighted by molar-refractivity contribution is 5.85. The molecule has 2 aromatic rings. The van der Waals surface area contributed by atoms with Gasteiger partial charge in [-0.1, -0.05) is 42.5 Å². The molecule has 0 aliphatic heterocycles. The average molecular weight is 315 g/mol. The first kappa shape index (κ1) is 16.7. The molecule has 0 saturated heterocycles. The van der Waals surface area contributed by atoms with Crippen molar-refractivity contribution in [3.8, 4) is 0 Å². The second-order valence-electron chi connectivity index (χ2n) is 5.14. The van der Waals surface area contributed by atoms with Gasteiger partial charge in [0.1, 0.15) is 11.9 Å². The van der Waals surface area contributed by atoms with Gasteiger partial charge in [0.05, 0.1) is 13.5 Å². The Balaban J connectivity index is 2.03. The number of carbonyl (C=O) groups is 2. The molecule has 0 aliphatic rings. The maximum Gasteiger partial charge on any atom is 0.328 e. The smallest absolute Gasteiger partial charge is 0.328 e. The van der Waals surface area contributed by atoms with E-state index < -0.39 is 12.0 Å². The van der Waals surface area contributed by atoms with E-state index in [2.05, 4.69) is 5.32 Å². The summed E-state index contributed by atoms with van der Waals surface area (Å²) < 4.78 is 18.0. The molecule has 120 valence electrons. The minimum Gasteiger partial charge on any atom is -0.467 e. The minimum atomic E-state index is -0.849. The molecule has 0 fully saturated rings. The second-order valence-corrected chi connectivity index (χ2v) is 5.14. The van der Waals surface area contributed by atoms with Crippen LogP contribution in [-0.4, -0.2) is 25.0 Å². The molecule has 0 saturated carbocycles. The fourth-order valence-electron chi connectivity index (χ4n) is 2.26. The highest BCUT2D eigenvalue weighted by atomic mass is 19.1. The van der Waals surface area contributed by atoms with Gasteiger partial charge in [-0.2, -0.15) is 0 Å². The number of hydrogen-bond donors (Lipinski definition) is 1. The molecule has 1 N–H and O–H groups in total. The van der Waals surface area contributed by atoms with Gasteiger partial charge in [0.15, 0.2) is 0 Å². The Kier molecular flexibility index (Phi) is 5.86. The first-order valence-electron chi connectivity index (χ1n) is 7.24. The van der Waals surface area contributed by atoms with Crippen LogP contribution >= 0.6 is 0 Å². The Labute approximate surface area is 134 Å². The first-order chi connectivity index (χ1) is 11.1. The second kappa shape index (κ2) is 8.08. The van der Waals surface area contributed by atoms with Crippen molar-refractivity contribution in [2.45, 2.75) is 18.9 Å². The molecule has 0 aromatic heterocycles. The summed E-state index contributed by atoms with van der Waals surface area (Å²) in [6.07, 6.45) is 0.336. The first-order valence-corrected chi connectivity index (χ1v) is 7.24. The average Bonchev–Trinajstić information content (AvgIpc) is 2.54. The minimum absolute atomic E-state index is 0.164. The highest BCUT2D eigenvalue weighted by Crippen LogP contribution is 2.08. The molecule has 0 bridgehead atoms. The van der Waals surface area contributed by atoms with Gasteiger partial charge >= 0.3 is 5.97 Å². The van der Waals surface area contributed by atoms with Crippen LogP contribution < -0.4 is 5.32 Å². The Bertz CT molecular complexity index is 673. The number of rotatable bonds is 6. The Morgan fingerprint density at radius 2 is 1.78 bits per heavy atom. The van der Waals surface area contributed by atoms with Gasteiger partial charge in [-0.3, -0.25) is 4.79 Å². The maximum absolute atomic E-state index is 13.2. The fourth-order valence-corrected chi connectivity index (χ4v) is 2.26. The quantitative estimate of drug-likeness (QED) is 0.832. The van der Waals surface area contributed by atoms with E-state index in [1.165, 1.54) is 19.2 Å². The zero-order valence-corrected chi connectivity index (χ0v) is 12.8. The number of esters is 1. The zero-order valence-electron chi connectivity index (χ0n) is 12.8. The van der Waals surface area contributed by atoms with Crippen molar-refractivity contribution in [1.29, 1.82) is 0 Å². The number of methoxy groups -OCH3 is 1. The molecule has 23 heavy (non-hydrogen) atoms. The van der Waals surface area contributed by atoms with Crippen molar-refractivity contribution in [3.63, 3.8) is 0 Å². The van der Waals surface area contributed by atoms with E-state index >= 15 is 0 Å². The number of carbonyl (C=O) groups excluding carboxylic acids is 2. The largest absolute Gasteiger partial charge is 0.467 e. The van der Waals surface area contributed by atoms with Gasteiger partial charge in [0, 0.05) is 6.42 Å². The summed E-state index contributed by atoms with van der Waals surface area (Å²) >= 11 is 0. The molecule has 0 spiro atoms. The lowest BCUT2D eigenvalue weighted by atomic mass is 10.1. The third-order valence-electron chi connectivity index (χ3n) is 3.36. The summed E-state index contributed by atoms with van der Waals surface area (Å²) in [6.45, 7) is 0. The number of nitrogens with one attached hydrogen (secondary N) is 1. The molecule has 2 rings (SSSR count). The lowest BCUT2D eigenvalue weighted by molar-refractivity contribution is -0.145. The lowest BCUT2D eigenvalue weighted by Crippen LogP contribution is -2.43. The molecule has 1 amide bonds. The normalized spacial score (nSPS) is 11.6. The third kappa shape index (κ3) is 5.21. The summed E-state index contributed by atoms with van der Waals surface area (Å²) in [5.41, 5.74) is 1.46. The number of halogens is 1. The summed E-state index contributed by atoms with van der Waals surface area (Å²) in [5, 5.41) is 2.65. The van der Waals surface area contributed by atoms with E-state index in [0.29, 0.717) is 5.56 Å². The fraction of sp³-hybridized carbons (Fsp3) is 0.222. The number of ether oxygens (including phenoxy) is 1. The van der Waals surface area contributed by atoms with Crippen molar-refractivity contribution in [3.05, 3.63) is 71.5 Å². The summed E-state index contributed by atoms with van der Waals surface area (Å²) in [7, 11) is 1.25. The van der Waals surface area contributed by atoms with E-state index in [1.54, 1.807) is 12.1 Å². The van der Waals surface area contributed by atoms with Crippen LogP contribution in [0, 0.1) is 5.82 Å². The van der Waals surface area contributed by atoms with Crippen LogP contribution in [-0.2, 0) is 27.2 Å².